The van der Waals surface area contributed by atoms with E-state index in [1.807, 2.05) is 12.1 Å². The van der Waals surface area contributed by atoms with Crippen LogP contribution >= 0.6 is 33.2 Å². The van der Waals surface area contributed by atoms with Crippen molar-refractivity contribution in [1.29, 1.82) is 0 Å². The number of hydrogen-bond donors (Lipinski definition) is 2. The maximum Gasteiger partial charge on any atom is 0.224 e. The molecule has 1 amide bonds. The van der Waals surface area contributed by atoms with Crippen molar-refractivity contribution in [3.8, 4) is 0 Å². The third-order valence-corrected chi connectivity index (χ3v) is 5.07. The van der Waals surface area contributed by atoms with Crippen molar-refractivity contribution in [1.82, 2.24) is 5.32 Å². The van der Waals surface area contributed by atoms with Crippen LogP contribution in [0.4, 0.5) is 0 Å². The topological polar surface area (TPSA) is 55.1 Å². The van der Waals surface area contributed by atoms with Gasteiger partial charge in [-0.3, -0.25) is 4.79 Å². The van der Waals surface area contributed by atoms with Crippen LogP contribution in [0.2, 0.25) is 5.02 Å². The zero-order valence-corrected chi connectivity index (χ0v) is 13.1. The lowest BCUT2D eigenvalue weighted by molar-refractivity contribution is -0.120. The fourth-order valence-electron chi connectivity index (χ4n) is 1.38. The first kappa shape index (κ1) is 16.7. The molecule has 19 heavy (non-hydrogen) atoms. The van der Waals surface area contributed by atoms with Gasteiger partial charge in [0.1, 0.15) is 0 Å². The van der Waals surface area contributed by atoms with Crippen LogP contribution in [0.1, 0.15) is 12.0 Å². The number of carbonyl (C=O) groups is 1. The van der Waals surface area contributed by atoms with Gasteiger partial charge in [0.05, 0.1) is 6.42 Å². The first-order valence-electron chi connectivity index (χ1n) is 6.18. The van der Waals surface area contributed by atoms with E-state index in [4.69, 9.17) is 17.3 Å². The van der Waals surface area contributed by atoms with Gasteiger partial charge in [0.25, 0.3) is 0 Å². The van der Waals surface area contributed by atoms with Gasteiger partial charge in [-0.2, -0.15) is 0 Å². The highest BCUT2D eigenvalue weighted by atomic mass is 35.5. The fraction of sp³-hybridized carbons (Fsp3) is 0.462. The van der Waals surface area contributed by atoms with Crippen LogP contribution < -0.4 is 11.1 Å². The van der Waals surface area contributed by atoms with Crippen LogP contribution in [-0.2, 0) is 11.2 Å². The Morgan fingerprint density at radius 2 is 1.89 bits per heavy atom. The lowest BCUT2D eigenvalue weighted by Gasteiger charge is -2.05. The van der Waals surface area contributed by atoms with Gasteiger partial charge in [0.15, 0.2) is 0 Å². The van der Waals surface area contributed by atoms with E-state index < -0.39 is 0 Å². The molecule has 0 heterocycles. The molecule has 106 valence electrons. The summed E-state index contributed by atoms with van der Waals surface area (Å²) in [6.45, 7) is 1.44. The molecule has 1 rings (SSSR count). The Labute approximate surface area is 127 Å². The smallest absolute Gasteiger partial charge is 0.224 e. The Balaban J connectivity index is 2.06. The average molecular weight is 319 g/mol. The second-order valence-electron chi connectivity index (χ2n) is 3.94. The molecular formula is C13H19ClN2OS2. The summed E-state index contributed by atoms with van der Waals surface area (Å²) in [4.78, 5) is 11.7. The molecular weight excluding hydrogens is 300 g/mol. The molecule has 6 heteroatoms. The highest BCUT2D eigenvalue weighted by molar-refractivity contribution is 8.76. The van der Waals surface area contributed by atoms with E-state index in [2.05, 4.69) is 5.32 Å². The first-order valence-corrected chi connectivity index (χ1v) is 9.04. The normalized spacial score (nSPS) is 10.4. The van der Waals surface area contributed by atoms with E-state index in [1.165, 1.54) is 0 Å². The molecule has 0 saturated heterocycles. The van der Waals surface area contributed by atoms with E-state index in [1.54, 1.807) is 33.7 Å². The van der Waals surface area contributed by atoms with Gasteiger partial charge in [0.2, 0.25) is 5.91 Å². The third kappa shape index (κ3) is 8.42. The summed E-state index contributed by atoms with van der Waals surface area (Å²) in [5, 5.41) is 3.61. The average Bonchev–Trinajstić information content (AvgIpc) is 2.40. The summed E-state index contributed by atoms with van der Waals surface area (Å²) < 4.78 is 0. The van der Waals surface area contributed by atoms with Gasteiger partial charge in [-0.05, 0) is 24.1 Å². The molecule has 3 N–H and O–H groups in total. The minimum atomic E-state index is 0.0573. The molecule has 0 aliphatic heterocycles. The number of amides is 1. The van der Waals surface area contributed by atoms with E-state index >= 15 is 0 Å². The largest absolute Gasteiger partial charge is 0.356 e. The number of carbonyl (C=O) groups excluding carboxylic acids is 1. The number of hydrogen-bond acceptors (Lipinski definition) is 4. The van der Waals surface area contributed by atoms with Gasteiger partial charge in [-0.25, -0.2) is 0 Å². The third-order valence-electron chi connectivity index (χ3n) is 2.29. The van der Waals surface area contributed by atoms with Crippen LogP contribution in [0, 0.1) is 0 Å². The summed E-state index contributed by atoms with van der Waals surface area (Å²) in [7, 11) is 3.59. The quantitative estimate of drug-likeness (QED) is 0.543. The zero-order chi connectivity index (χ0) is 13.9. The van der Waals surface area contributed by atoms with E-state index in [-0.39, 0.29) is 5.91 Å². The molecule has 0 bridgehead atoms. The first-order chi connectivity index (χ1) is 9.22. The highest BCUT2D eigenvalue weighted by Gasteiger charge is 2.02. The molecule has 1 aromatic carbocycles. The van der Waals surface area contributed by atoms with E-state index in [9.17, 15) is 4.79 Å². The molecule has 0 aliphatic rings. The number of nitrogens with one attached hydrogen (secondary N) is 1. The Kier molecular flexibility index (Phi) is 9.16. The lowest BCUT2D eigenvalue weighted by Crippen LogP contribution is -2.26. The Morgan fingerprint density at radius 3 is 2.58 bits per heavy atom. The van der Waals surface area contributed by atoms with Crippen LogP contribution in [0.3, 0.4) is 0 Å². The van der Waals surface area contributed by atoms with Crippen LogP contribution in [-0.4, -0.2) is 30.5 Å². The van der Waals surface area contributed by atoms with Crippen molar-refractivity contribution >= 4 is 39.1 Å². The minimum Gasteiger partial charge on any atom is -0.356 e. The van der Waals surface area contributed by atoms with Crippen molar-refractivity contribution in [2.45, 2.75) is 12.8 Å². The van der Waals surface area contributed by atoms with Gasteiger partial charge in [0, 0.05) is 29.6 Å². The minimum absolute atomic E-state index is 0.0573. The standard InChI is InChI=1S/C13H19ClN2OS2/c14-12-4-2-11(3-5-12)10-13(17)16-7-1-8-18-19-9-6-15/h2-5H,1,6-10,15H2,(H,16,17). The molecule has 0 fully saturated rings. The van der Waals surface area contributed by atoms with Gasteiger partial charge >= 0.3 is 0 Å². The fourth-order valence-corrected chi connectivity index (χ4v) is 3.44. The molecule has 0 radical (unpaired) electrons. The predicted molar refractivity (Wildman–Crippen MR) is 86.8 cm³/mol. The highest BCUT2D eigenvalue weighted by Crippen LogP contribution is 2.20. The van der Waals surface area contributed by atoms with Crippen LogP contribution in [0.25, 0.3) is 0 Å². The monoisotopic (exact) mass is 318 g/mol. The second-order valence-corrected chi connectivity index (χ2v) is 7.08. The summed E-state index contributed by atoms with van der Waals surface area (Å²) in [5.41, 5.74) is 6.37. The number of rotatable bonds is 9. The Hall–Kier alpha value is -0.360. The molecule has 0 unspecified atom stereocenters. The van der Waals surface area contributed by atoms with E-state index in [0.29, 0.717) is 11.4 Å². The lowest BCUT2D eigenvalue weighted by atomic mass is 10.1. The summed E-state index contributed by atoms with van der Waals surface area (Å²) in [6, 6.07) is 7.35. The molecule has 0 atom stereocenters. The van der Waals surface area contributed by atoms with Crippen molar-refractivity contribution in [3.63, 3.8) is 0 Å². The summed E-state index contributed by atoms with van der Waals surface area (Å²) in [5.74, 6) is 2.07. The summed E-state index contributed by atoms with van der Waals surface area (Å²) in [6.07, 6.45) is 1.39. The van der Waals surface area contributed by atoms with Gasteiger partial charge in [-0.15, -0.1) is 0 Å². The zero-order valence-electron chi connectivity index (χ0n) is 10.7. The SMILES string of the molecule is NCCSSCCCNC(=O)Cc1ccc(Cl)cc1. The molecule has 0 aliphatic carbocycles. The van der Waals surface area contributed by atoms with Crippen LogP contribution in [0.15, 0.2) is 24.3 Å². The predicted octanol–water partition coefficient (Wildman–Crippen LogP) is 2.73. The number of benzene rings is 1. The molecule has 0 saturated carbocycles. The maximum absolute atomic E-state index is 11.7. The second kappa shape index (κ2) is 10.4. The van der Waals surface area contributed by atoms with Gasteiger partial charge < -0.3 is 11.1 Å². The molecule has 0 spiro atoms. The Morgan fingerprint density at radius 1 is 1.21 bits per heavy atom. The van der Waals surface area contributed by atoms with Crippen molar-refractivity contribution in [3.05, 3.63) is 34.9 Å². The van der Waals surface area contributed by atoms with E-state index in [0.717, 1.165) is 36.6 Å². The maximum atomic E-state index is 11.7. The van der Waals surface area contributed by atoms with Crippen LogP contribution in [0.5, 0.6) is 0 Å². The number of halogens is 1. The Bertz CT molecular complexity index is 373. The molecule has 1 aromatic rings. The van der Waals surface area contributed by atoms with Crippen molar-refractivity contribution in [2.75, 3.05) is 24.6 Å². The van der Waals surface area contributed by atoms with Gasteiger partial charge in [-0.1, -0.05) is 45.3 Å². The molecule has 0 aromatic heterocycles. The van der Waals surface area contributed by atoms with Crippen molar-refractivity contribution < 1.29 is 4.79 Å². The molecule has 3 nitrogen and oxygen atoms in total. The summed E-state index contributed by atoms with van der Waals surface area (Å²) >= 11 is 5.79. The number of nitrogens with two attached hydrogens (primary N) is 1. The van der Waals surface area contributed by atoms with Crippen molar-refractivity contribution in [2.24, 2.45) is 5.73 Å².